The lowest BCUT2D eigenvalue weighted by atomic mass is 9.92. The smallest absolute Gasteiger partial charge is 0.243 e. The fourth-order valence-corrected chi connectivity index (χ4v) is 3.42. The van der Waals surface area contributed by atoms with Crippen LogP contribution in [-0.2, 0) is 17.1 Å². The molecule has 1 aliphatic rings. The maximum Gasteiger partial charge on any atom is 0.243 e. The number of hydrogen-bond acceptors (Lipinski definition) is 4. The van der Waals surface area contributed by atoms with E-state index >= 15 is 0 Å². The van der Waals surface area contributed by atoms with Crippen molar-refractivity contribution in [1.82, 2.24) is 14.5 Å². The molecule has 1 heterocycles. The van der Waals surface area contributed by atoms with Crippen molar-refractivity contribution in [3.05, 3.63) is 12.4 Å². The molecule has 1 aromatic rings. The summed E-state index contributed by atoms with van der Waals surface area (Å²) in [6, 6.07) is -0.246. The Labute approximate surface area is 101 Å². The van der Waals surface area contributed by atoms with E-state index in [4.69, 9.17) is 5.73 Å². The summed E-state index contributed by atoms with van der Waals surface area (Å²) in [7, 11) is -1.80. The van der Waals surface area contributed by atoms with Crippen LogP contribution in [0.2, 0.25) is 0 Å². The van der Waals surface area contributed by atoms with E-state index in [1.54, 1.807) is 7.05 Å². The van der Waals surface area contributed by atoms with Crippen LogP contribution in [-0.4, -0.2) is 30.3 Å². The highest BCUT2D eigenvalue weighted by molar-refractivity contribution is 7.89. The number of nitrogens with zero attached hydrogens (tertiary/aromatic N) is 2. The van der Waals surface area contributed by atoms with E-state index in [1.165, 1.54) is 17.1 Å². The largest absolute Gasteiger partial charge is 0.326 e. The first-order valence-electron chi connectivity index (χ1n) is 5.75. The maximum absolute atomic E-state index is 12.0. The molecule has 1 aromatic heterocycles. The minimum Gasteiger partial charge on any atom is -0.326 e. The minimum atomic E-state index is -3.49. The third kappa shape index (κ3) is 2.85. The van der Waals surface area contributed by atoms with Crippen LogP contribution in [0.3, 0.4) is 0 Å². The van der Waals surface area contributed by atoms with E-state index in [-0.39, 0.29) is 17.0 Å². The second kappa shape index (κ2) is 4.75. The first-order chi connectivity index (χ1) is 7.99. The van der Waals surface area contributed by atoms with E-state index in [0.29, 0.717) is 0 Å². The van der Waals surface area contributed by atoms with Crippen LogP contribution in [0.4, 0.5) is 0 Å². The Kier molecular flexibility index (Phi) is 3.50. The van der Waals surface area contributed by atoms with Gasteiger partial charge in [0, 0.05) is 25.3 Å². The Morgan fingerprint density at radius 1 is 1.47 bits per heavy atom. The first-order valence-corrected chi connectivity index (χ1v) is 7.24. The molecule has 7 heteroatoms. The van der Waals surface area contributed by atoms with Gasteiger partial charge in [-0.25, -0.2) is 13.1 Å². The van der Waals surface area contributed by atoms with Gasteiger partial charge in [-0.1, -0.05) is 12.8 Å². The quantitative estimate of drug-likeness (QED) is 0.796. The zero-order valence-electron chi connectivity index (χ0n) is 9.83. The Balaban J connectivity index is 2.11. The van der Waals surface area contributed by atoms with Gasteiger partial charge in [-0.15, -0.1) is 0 Å². The summed E-state index contributed by atoms with van der Waals surface area (Å²) in [5.41, 5.74) is 5.92. The van der Waals surface area contributed by atoms with Crippen molar-refractivity contribution in [3.8, 4) is 0 Å². The van der Waals surface area contributed by atoms with Crippen LogP contribution >= 0.6 is 0 Å². The van der Waals surface area contributed by atoms with Crippen LogP contribution < -0.4 is 10.5 Å². The lowest BCUT2D eigenvalue weighted by Gasteiger charge is -2.28. The lowest BCUT2D eigenvalue weighted by Crippen LogP contribution is -2.49. The molecule has 0 aliphatic heterocycles. The van der Waals surface area contributed by atoms with E-state index in [1.807, 2.05) is 0 Å². The topological polar surface area (TPSA) is 90.0 Å². The molecule has 0 unspecified atom stereocenters. The third-order valence-corrected chi connectivity index (χ3v) is 4.56. The molecule has 0 saturated heterocycles. The van der Waals surface area contributed by atoms with Crippen LogP contribution in [0, 0.1) is 0 Å². The van der Waals surface area contributed by atoms with Crippen molar-refractivity contribution in [1.29, 1.82) is 0 Å². The molecule has 0 radical (unpaired) electrons. The van der Waals surface area contributed by atoms with Gasteiger partial charge >= 0.3 is 0 Å². The number of hydrogen-bond donors (Lipinski definition) is 2. The summed E-state index contributed by atoms with van der Waals surface area (Å²) < 4.78 is 28.2. The van der Waals surface area contributed by atoms with Gasteiger partial charge in [-0.3, -0.25) is 4.68 Å². The Bertz CT molecular complexity index is 482. The van der Waals surface area contributed by atoms with Crippen LogP contribution in [0.25, 0.3) is 0 Å². The highest BCUT2D eigenvalue weighted by atomic mass is 32.2. The molecular weight excluding hydrogens is 240 g/mol. The zero-order valence-corrected chi connectivity index (χ0v) is 10.7. The molecule has 0 spiro atoms. The maximum atomic E-state index is 12.0. The minimum absolute atomic E-state index is 0.0878. The Morgan fingerprint density at radius 2 is 2.18 bits per heavy atom. The number of sulfonamides is 1. The number of nitrogens with one attached hydrogen (secondary N) is 1. The highest BCUT2D eigenvalue weighted by Crippen LogP contribution is 2.19. The number of rotatable bonds is 3. The molecule has 0 amide bonds. The average Bonchev–Trinajstić information content (AvgIpc) is 2.69. The van der Waals surface area contributed by atoms with Gasteiger partial charge in [0.25, 0.3) is 0 Å². The average molecular weight is 258 g/mol. The fraction of sp³-hybridized carbons (Fsp3) is 0.700. The summed E-state index contributed by atoms with van der Waals surface area (Å²) in [6.45, 7) is 0. The van der Waals surface area contributed by atoms with Gasteiger partial charge in [-0.2, -0.15) is 5.10 Å². The van der Waals surface area contributed by atoms with E-state index in [9.17, 15) is 8.42 Å². The van der Waals surface area contributed by atoms with Gasteiger partial charge < -0.3 is 5.73 Å². The standard InChI is InChI=1S/C10H18N4O2S/c1-14-7-8(6-12-14)17(15,16)13-10-5-3-2-4-9(10)11/h6-7,9-10,13H,2-5,11H2,1H3/t9-,10-/m1/s1. The molecule has 2 rings (SSSR count). The molecule has 1 fully saturated rings. The molecule has 0 aromatic carbocycles. The van der Waals surface area contributed by atoms with Crippen molar-refractivity contribution in [3.63, 3.8) is 0 Å². The SMILES string of the molecule is Cn1cc(S(=O)(=O)N[C@@H]2CCCC[C@H]2N)cn1. The van der Waals surface area contributed by atoms with Crippen molar-refractivity contribution >= 4 is 10.0 Å². The third-order valence-electron chi connectivity index (χ3n) is 3.12. The van der Waals surface area contributed by atoms with Crippen molar-refractivity contribution in [2.24, 2.45) is 12.8 Å². The van der Waals surface area contributed by atoms with Crippen molar-refractivity contribution in [2.45, 2.75) is 42.7 Å². The van der Waals surface area contributed by atoms with Gasteiger partial charge in [0.05, 0.1) is 6.20 Å². The van der Waals surface area contributed by atoms with Crippen LogP contribution in [0.15, 0.2) is 17.3 Å². The molecule has 6 nitrogen and oxygen atoms in total. The van der Waals surface area contributed by atoms with Crippen LogP contribution in [0.5, 0.6) is 0 Å². The van der Waals surface area contributed by atoms with Crippen molar-refractivity contribution < 1.29 is 8.42 Å². The summed E-state index contributed by atoms with van der Waals surface area (Å²) in [4.78, 5) is 0.192. The molecule has 3 N–H and O–H groups in total. The molecule has 1 aliphatic carbocycles. The molecule has 17 heavy (non-hydrogen) atoms. The van der Waals surface area contributed by atoms with Gasteiger partial charge in [0.1, 0.15) is 4.90 Å². The van der Waals surface area contributed by atoms with Gasteiger partial charge in [0.15, 0.2) is 0 Å². The molecular formula is C10H18N4O2S. The molecule has 96 valence electrons. The summed E-state index contributed by atoms with van der Waals surface area (Å²) in [6.07, 6.45) is 6.61. The second-order valence-electron chi connectivity index (χ2n) is 4.53. The first kappa shape index (κ1) is 12.5. The number of nitrogens with two attached hydrogens (primary N) is 1. The fourth-order valence-electron chi connectivity index (χ4n) is 2.11. The van der Waals surface area contributed by atoms with Crippen molar-refractivity contribution in [2.75, 3.05) is 0 Å². The van der Waals surface area contributed by atoms with E-state index in [2.05, 4.69) is 9.82 Å². The molecule has 2 atom stereocenters. The zero-order chi connectivity index (χ0) is 12.5. The monoisotopic (exact) mass is 258 g/mol. The lowest BCUT2D eigenvalue weighted by molar-refractivity contribution is 0.361. The Hall–Kier alpha value is -0.920. The second-order valence-corrected chi connectivity index (χ2v) is 6.24. The predicted molar refractivity (Wildman–Crippen MR) is 63.8 cm³/mol. The summed E-state index contributed by atoms with van der Waals surface area (Å²) in [5, 5.41) is 3.86. The van der Waals surface area contributed by atoms with Gasteiger partial charge in [-0.05, 0) is 12.8 Å². The predicted octanol–water partition coefficient (Wildman–Crippen LogP) is -0.0317. The molecule has 0 bridgehead atoms. The van der Waals surface area contributed by atoms with E-state index < -0.39 is 10.0 Å². The van der Waals surface area contributed by atoms with E-state index in [0.717, 1.165) is 25.7 Å². The number of aromatic nitrogens is 2. The van der Waals surface area contributed by atoms with Gasteiger partial charge in [0.2, 0.25) is 10.0 Å². The number of aryl methyl sites for hydroxylation is 1. The van der Waals surface area contributed by atoms with Crippen LogP contribution in [0.1, 0.15) is 25.7 Å². The normalized spacial score (nSPS) is 26.0. The summed E-state index contributed by atoms with van der Waals surface area (Å²) >= 11 is 0. The highest BCUT2D eigenvalue weighted by Gasteiger charge is 2.27. The Morgan fingerprint density at radius 3 is 2.76 bits per heavy atom. The summed E-state index contributed by atoms with van der Waals surface area (Å²) in [5.74, 6) is 0. The molecule has 1 saturated carbocycles.